The van der Waals surface area contributed by atoms with Crippen molar-refractivity contribution in [3.63, 3.8) is 0 Å². The van der Waals surface area contributed by atoms with Crippen molar-refractivity contribution < 1.29 is 4.79 Å². The molecule has 0 radical (unpaired) electrons. The first-order valence-electron chi connectivity index (χ1n) is 6.14. The molecule has 1 aromatic heterocycles. The van der Waals surface area contributed by atoms with Crippen LogP contribution in [0.15, 0.2) is 42.7 Å². The topological polar surface area (TPSA) is 65.8 Å². The van der Waals surface area contributed by atoms with Gasteiger partial charge in [-0.15, -0.1) is 0 Å². The first kappa shape index (κ1) is 15.3. The van der Waals surface area contributed by atoms with E-state index in [1.807, 2.05) is 6.07 Å². The van der Waals surface area contributed by atoms with Crippen LogP contribution in [0.3, 0.4) is 0 Å². The van der Waals surface area contributed by atoms with Gasteiger partial charge in [0.05, 0.1) is 16.1 Å². The van der Waals surface area contributed by atoms with E-state index in [1.165, 1.54) is 0 Å². The van der Waals surface area contributed by atoms with E-state index in [0.717, 1.165) is 5.56 Å². The van der Waals surface area contributed by atoms with Gasteiger partial charge in [-0.25, -0.2) is 0 Å². The second-order valence-corrected chi connectivity index (χ2v) is 5.17. The number of nitriles is 1. The molecule has 1 atom stereocenters. The maximum Gasteiger partial charge on any atom is 0.242 e. The van der Waals surface area contributed by atoms with Crippen LogP contribution in [0.5, 0.6) is 0 Å². The Morgan fingerprint density at radius 2 is 1.95 bits per heavy atom. The predicted molar refractivity (Wildman–Crippen MR) is 82.1 cm³/mol. The highest BCUT2D eigenvalue weighted by Gasteiger charge is 2.18. The van der Waals surface area contributed by atoms with Gasteiger partial charge in [0.1, 0.15) is 5.92 Å². The van der Waals surface area contributed by atoms with E-state index in [4.69, 9.17) is 28.5 Å². The Balaban J connectivity index is 2.07. The van der Waals surface area contributed by atoms with Crippen LogP contribution in [-0.4, -0.2) is 10.9 Å². The maximum atomic E-state index is 12.1. The largest absolute Gasteiger partial charge is 0.325 e. The molecule has 21 heavy (non-hydrogen) atoms. The van der Waals surface area contributed by atoms with E-state index in [9.17, 15) is 4.79 Å². The van der Waals surface area contributed by atoms with Gasteiger partial charge >= 0.3 is 0 Å². The van der Waals surface area contributed by atoms with Gasteiger partial charge in [0, 0.05) is 18.1 Å². The molecule has 4 nitrogen and oxygen atoms in total. The number of anilines is 1. The van der Waals surface area contributed by atoms with Crippen molar-refractivity contribution in [1.29, 1.82) is 5.26 Å². The Kier molecular flexibility index (Phi) is 5.15. The van der Waals surface area contributed by atoms with Crippen molar-refractivity contribution in [3.05, 3.63) is 58.3 Å². The molecule has 0 aliphatic heterocycles. The lowest BCUT2D eigenvalue weighted by atomic mass is 10.0. The lowest BCUT2D eigenvalue weighted by Crippen LogP contribution is -2.23. The number of carbonyl (C=O) groups is 1. The Hall–Kier alpha value is -2.09. The first-order valence-corrected chi connectivity index (χ1v) is 6.90. The number of hydrogen-bond acceptors (Lipinski definition) is 3. The quantitative estimate of drug-likeness (QED) is 0.934. The Bertz CT molecular complexity index is 683. The summed E-state index contributed by atoms with van der Waals surface area (Å²) in [5, 5.41) is 12.6. The molecular weight excluding hydrogens is 309 g/mol. The van der Waals surface area contributed by atoms with Crippen molar-refractivity contribution in [3.8, 4) is 6.07 Å². The summed E-state index contributed by atoms with van der Waals surface area (Å²) in [6.07, 6.45) is 3.58. The minimum atomic E-state index is -0.790. The molecule has 0 spiro atoms. The fourth-order valence-electron chi connectivity index (χ4n) is 1.75. The third-order valence-corrected chi connectivity index (χ3v) is 3.59. The number of aromatic nitrogens is 1. The zero-order valence-corrected chi connectivity index (χ0v) is 12.4. The number of rotatable bonds is 4. The summed E-state index contributed by atoms with van der Waals surface area (Å²) in [5.41, 5.74) is 1.38. The highest BCUT2D eigenvalue weighted by atomic mass is 35.5. The molecular formula is C15H11Cl2N3O. The number of nitrogens with one attached hydrogen (secondary N) is 1. The second kappa shape index (κ2) is 7.07. The number of halogens is 2. The fraction of sp³-hybridized carbons (Fsp3) is 0.133. The molecule has 0 saturated carbocycles. The van der Waals surface area contributed by atoms with Crippen molar-refractivity contribution in [2.24, 2.45) is 5.92 Å². The minimum Gasteiger partial charge on any atom is -0.325 e. The van der Waals surface area contributed by atoms with E-state index in [1.54, 1.807) is 42.7 Å². The summed E-state index contributed by atoms with van der Waals surface area (Å²) in [6, 6.07) is 10.3. The van der Waals surface area contributed by atoms with Gasteiger partial charge in [-0.1, -0.05) is 23.2 Å². The van der Waals surface area contributed by atoms with E-state index in [2.05, 4.69) is 10.3 Å². The molecule has 1 N–H and O–H groups in total. The van der Waals surface area contributed by atoms with E-state index in [0.29, 0.717) is 22.2 Å². The van der Waals surface area contributed by atoms with Crippen LogP contribution in [-0.2, 0) is 11.2 Å². The smallest absolute Gasteiger partial charge is 0.242 e. The van der Waals surface area contributed by atoms with Gasteiger partial charge in [0.25, 0.3) is 0 Å². The number of nitrogens with zero attached hydrogens (tertiary/aromatic N) is 2. The Morgan fingerprint density at radius 3 is 2.57 bits per heavy atom. The summed E-state index contributed by atoms with van der Waals surface area (Å²) in [4.78, 5) is 16.0. The zero-order valence-electron chi connectivity index (χ0n) is 10.9. The fourth-order valence-corrected chi connectivity index (χ4v) is 2.05. The number of carbonyl (C=O) groups excluding carboxylic acids is 1. The maximum absolute atomic E-state index is 12.1. The average molecular weight is 320 g/mol. The molecule has 1 heterocycles. The highest BCUT2D eigenvalue weighted by Crippen LogP contribution is 2.25. The molecule has 0 saturated heterocycles. The predicted octanol–water partition coefficient (Wildman–Crippen LogP) is 3.71. The Morgan fingerprint density at radius 1 is 1.24 bits per heavy atom. The summed E-state index contributed by atoms with van der Waals surface area (Å²) in [7, 11) is 0. The summed E-state index contributed by atoms with van der Waals surface area (Å²) in [5.74, 6) is -1.17. The van der Waals surface area contributed by atoms with Crippen LogP contribution < -0.4 is 5.32 Å². The number of hydrogen-bond donors (Lipinski definition) is 1. The molecule has 1 unspecified atom stereocenters. The molecule has 2 rings (SSSR count). The number of pyridine rings is 1. The SMILES string of the molecule is N#CC(Cc1ccncc1)C(=O)Nc1ccc(Cl)c(Cl)c1. The minimum absolute atomic E-state index is 0.326. The van der Waals surface area contributed by atoms with Crippen LogP contribution in [0, 0.1) is 17.2 Å². The van der Waals surface area contributed by atoms with E-state index >= 15 is 0 Å². The average Bonchev–Trinajstić information content (AvgIpc) is 2.49. The van der Waals surface area contributed by atoms with Gasteiger partial charge in [-0.3, -0.25) is 9.78 Å². The normalized spacial score (nSPS) is 11.5. The van der Waals surface area contributed by atoms with Crippen LogP contribution in [0.25, 0.3) is 0 Å². The Labute approximate surface area is 132 Å². The highest BCUT2D eigenvalue weighted by molar-refractivity contribution is 6.42. The summed E-state index contributed by atoms with van der Waals surface area (Å²) >= 11 is 11.7. The van der Waals surface area contributed by atoms with Crippen molar-refractivity contribution in [1.82, 2.24) is 4.98 Å². The van der Waals surface area contributed by atoms with Crippen molar-refractivity contribution in [2.75, 3.05) is 5.32 Å². The summed E-state index contributed by atoms with van der Waals surface area (Å²) < 4.78 is 0. The van der Waals surface area contributed by atoms with Gasteiger partial charge in [-0.2, -0.15) is 5.26 Å². The molecule has 1 aromatic carbocycles. The lowest BCUT2D eigenvalue weighted by molar-refractivity contribution is -0.118. The molecule has 1 amide bonds. The molecule has 0 bridgehead atoms. The molecule has 2 aromatic rings. The van der Waals surface area contributed by atoms with Gasteiger partial charge in [0.15, 0.2) is 0 Å². The number of benzene rings is 1. The lowest BCUT2D eigenvalue weighted by Gasteiger charge is -2.11. The molecule has 6 heteroatoms. The van der Waals surface area contributed by atoms with Crippen molar-refractivity contribution >= 4 is 34.8 Å². The van der Waals surface area contributed by atoms with Crippen molar-refractivity contribution in [2.45, 2.75) is 6.42 Å². The summed E-state index contributed by atoms with van der Waals surface area (Å²) in [6.45, 7) is 0. The molecule has 106 valence electrons. The van der Waals surface area contributed by atoms with Crippen LogP contribution in [0.4, 0.5) is 5.69 Å². The monoisotopic (exact) mass is 319 g/mol. The molecule has 0 aliphatic carbocycles. The van der Waals surface area contributed by atoms with Crippen LogP contribution >= 0.6 is 23.2 Å². The van der Waals surface area contributed by atoms with Gasteiger partial charge < -0.3 is 5.32 Å². The number of amides is 1. The zero-order chi connectivity index (χ0) is 15.2. The van der Waals surface area contributed by atoms with Gasteiger partial charge in [0.2, 0.25) is 5.91 Å². The second-order valence-electron chi connectivity index (χ2n) is 4.36. The van der Waals surface area contributed by atoms with E-state index < -0.39 is 5.92 Å². The third-order valence-electron chi connectivity index (χ3n) is 2.85. The first-order chi connectivity index (χ1) is 10.1. The molecule has 0 fully saturated rings. The van der Waals surface area contributed by atoms with Crippen LogP contribution in [0.1, 0.15) is 5.56 Å². The standard InChI is InChI=1S/C15H11Cl2N3O/c16-13-2-1-12(8-14(13)17)20-15(21)11(9-18)7-10-3-5-19-6-4-10/h1-6,8,11H,7H2,(H,20,21). The van der Waals surface area contributed by atoms with Crippen LogP contribution in [0.2, 0.25) is 10.0 Å². The van der Waals surface area contributed by atoms with Gasteiger partial charge in [-0.05, 0) is 42.3 Å². The molecule has 0 aliphatic rings. The van der Waals surface area contributed by atoms with E-state index in [-0.39, 0.29) is 5.91 Å². The third kappa shape index (κ3) is 4.19.